The van der Waals surface area contributed by atoms with Gasteiger partial charge < -0.3 is 9.30 Å². The Labute approximate surface area is 151 Å². The maximum atomic E-state index is 12.3. The number of imidazole rings is 1. The molecule has 0 radical (unpaired) electrons. The van der Waals surface area contributed by atoms with Crippen molar-refractivity contribution in [2.45, 2.75) is 11.8 Å². The van der Waals surface area contributed by atoms with Crippen LogP contribution in [0.2, 0.25) is 0 Å². The van der Waals surface area contributed by atoms with Crippen molar-refractivity contribution in [3.63, 3.8) is 0 Å². The molecule has 2 aromatic carbocycles. The minimum atomic E-state index is -3.97. The fourth-order valence-corrected chi connectivity index (χ4v) is 3.33. The summed E-state index contributed by atoms with van der Waals surface area (Å²) in [5.41, 5.74) is 1.58. The minimum Gasteiger partial charge on any atom is -0.495 e. The quantitative estimate of drug-likeness (QED) is 0.743. The molecule has 0 unspecified atom stereocenters. The van der Waals surface area contributed by atoms with Gasteiger partial charge in [0.1, 0.15) is 17.8 Å². The van der Waals surface area contributed by atoms with Crippen LogP contribution in [0, 0.1) is 6.92 Å². The third-order valence-corrected chi connectivity index (χ3v) is 5.08. The third-order valence-electron chi connectivity index (χ3n) is 3.74. The van der Waals surface area contributed by atoms with Crippen LogP contribution in [0.4, 0.5) is 0 Å². The number of aryl methyl sites for hydroxylation is 1. The number of ether oxygens (including phenoxy) is 1. The van der Waals surface area contributed by atoms with Crippen LogP contribution < -0.4 is 9.46 Å². The predicted molar refractivity (Wildman–Crippen MR) is 95.9 cm³/mol. The Morgan fingerprint density at radius 2 is 1.81 bits per heavy atom. The normalized spacial score (nSPS) is 11.2. The zero-order valence-electron chi connectivity index (χ0n) is 14.2. The molecular formula is C18H17N3O4S. The maximum Gasteiger partial charge on any atom is 0.285 e. The predicted octanol–water partition coefficient (Wildman–Crippen LogP) is 2.31. The Bertz CT molecular complexity index is 1040. The van der Waals surface area contributed by atoms with Crippen LogP contribution in [0.3, 0.4) is 0 Å². The molecule has 1 aromatic heterocycles. The zero-order chi connectivity index (χ0) is 18.7. The summed E-state index contributed by atoms with van der Waals surface area (Å²) in [4.78, 5) is 16.3. The Kier molecular flexibility index (Phi) is 4.77. The molecule has 1 N–H and O–H groups in total. The standard InChI is InChI=1S/C18H17N3O4S/c1-13-7-9-14(10-8-13)26(23,24)20-18(22)15-11-21(12-19-15)16-5-3-4-6-17(16)25-2/h3-12H,1-2H3,(H,20,22). The first-order valence-corrected chi connectivity index (χ1v) is 9.20. The first-order valence-electron chi connectivity index (χ1n) is 7.72. The molecule has 8 heteroatoms. The summed E-state index contributed by atoms with van der Waals surface area (Å²) in [6.07, 6.45) is 2.86. The number of carbonyl (C=O) groups is 1. The molecule has 3 aromatic rings. The molecule has 0 bridgehead atoms. The number of nitrogens with zero attached hydrogens (tertiary/aromatic N) is 2. The topological polar surface area (TPSA) is 90.3 Å². The van der Waals surface area contributed by atoms with E-state index in [1.54, 1.807) is 28.8 Å². The van der Waals surface area contributed by atoms with Gasteiger partial charge in [-0.3, -0.25) is 4.79 Å². The number of nitrogens with one attached hydrogen (secondary N) is 1. The van der Waals surface area contributed by atoms with Gasteiger partial charge in [0.25, 0.3) is 15.9 Å². The van der Waals surface area contributed by atoms with Gasteiger partial charge >= 0.3 is 0 Å². The lowest BCUT2D eigenvalue weighted by molar-refractivity contribution is 0.0977. The van der Waals surface area contributed by atoms with Crippen molar-refractivity contribution in [2.24, 2.45) is 0 Å². The van der Waals surface area contributed by atoms with Crippen molar-refractivity contribution >= 4 is 15.9 Å². The van der Waals surface area contributed by atoms with Crippen LogP contribution >= 0.6 is 0 Å². The van der Waals surface area contributed by atoms with Gasteiger partial charge in [-0.05, 0) is 31.2 Å². The summed E-state index contributed by atoms with van der Waals surface area (Å²) in [7, 11) is -2.43. The number of rotatable bonds is 5. The molecule has 1 heterocycles. The molecule has 0 saturated carbocycles. The molecule has 0 fully saturated rings. The smallest absolute Gasteiger partial charge is 0.285 e. The van der Waals surface area contributed by atoms with Crippen LogP contribution in [-0.4, -0.2) is 31.0 Å². The molecule has 0 atom stereocenters. The van der Waals surface area contributed by atoms with Crippen molar-refractivity contribution < 1.29 is 17.9 Å². The molecule has 0 aliphatic carbocycles. The summed E-state index contributed by atoms with van der Waals surface area (Å²) in [6, 6.07) is 13.4. The Hall–Kier alpha value is -3.13. The van der Waals surface area contributed by atoms with E-state index >= 15 is 0 Å². The highest BCUT2D eigenvalue weighted by Gasteiger charge is 2.20. The van der Waals surface area contributed by atoms with Crippen molar-refractivity contribution in [1.82, 2.24) is 14.3 Å². The van der Waals surface area contributed by atoms with Crippen LogP contribution in [0.1, 0.15) is 16.1 Å². The largest absolute Gasteiger partial charge is 0.495 e. The second-order valence-corrected chi connectivity index (χ2v) is 7.27. The summed E-state index contributed by atoms with van der Waals surface area (Å²) >= 11 is 0. The van der Waals surface area contributed by atoms with E-state index in [0.29, 0.717) is 11.4 Å². The summed E-state index contributed by atoms with van der Waals surface area (Å²) in [5.74, 6) is -0.205. The van der Waals surface area contributed by atoms with Gasteiger partial charge in [0.15, 0.2) is 0 Å². The fourth-order valence-electron chi connectivity index (χ4n) is 2.37. The van der Waals surface area contributed by atoms with E-state index in [-0.39, 0.29) is 10.6 Å². The van der Waals surface area contributed by atoms with E-state index in [4.69, 9.17) is 4.74 Å². The number of sulfonamides is 1. The molecule has 1 amide bonds. The fraction of sp³-hybridized carbons (Fsp3) is 0.111. The average molecular weight is 371 g/mol. The van der Waals surface area contributed by atoms with Crippen LogP contribution in [0.25, 0.3) is 5.69 Å². The Morgan fingerprint density at radius 1 is 1.12 bits per heavy atom. The molecule has 0 saturated heterocycles. The summed E-state index contributed by atoms with van der Waals surface area (Å²) in [6.45, 7) is 1.85. The van der Waals surface area contributed by atoms with E-state index in [1.807, 2.05) is 23.8 Å². The molecule has 3 rings (SSSR count). The van der Waals surface area contributed by atoms with Crippen molar-refractivity contribution in [2.75, 3.05) is 7.11 Å². The second-order valence-electron chi connectivity index (χ2n) is 5.59. The number of hydrogen-bond acceptors (Lipinski definition) is 5. The summed E-state index contributed by atoms with van der Waals surface area (Å²) in [5, 5.41) is 0. The zero-order valence-corrected chi connectivity index (χ0v) is 15.0. The third kappa shape index (κ3) is 3.60. The highest BCUT2D eigenvalue weighted by Crippen LogP contribution is 2.22. The lowest BCUT2D eigenvalue weighted by atomic mass is 10.2. The molecule has 26 heavy (non-hydrogen) atoms. The Balaban J connectivity index is 1.83. The lowest BCUT2D eigenvalue weighted by Gasteiger charge is -2.08. The molecular weight excluding hydrogens is 354 g/mol. The SMILES string of the molecule is COc1ccccc1-n1cnc(C(=O)NS(=O)(=O)c2ccc(C)cc2)c1. The lowest BCUT2D eigenvalue weighted by Crippen LogP contribution is -2.30. The van der Waals surface area contributed by atoms with Gasteiger partial charge in [-0.15, -0.1) is 0 Å². The molecule has 7 nitrogen and oxygen atoms in total. The van der Waals surface area contributed by atoms with Gasteiger partial charge in [0.2, 0.25) is 0 Å². The van der Waals surface area contributed by atoms with Crippen LogP contribution in [0.15, 0.2) is 66.0 Å². The van der Waals surface area contributed by atoms with E-state index < -0.39 is 15.9 Å². The van der Waals surface area contributed by atoms with Gasteiger partial charge in [0.05, 0.1) is 17.7 Å². The first-order chi connectivity index (χ1) is 12.4. The number of benzene rings is 2. The monoisotopic (exact) mass is 371 g/mol. The highest BCUT2D eigenvalue weighted by molar-refractivity contribution is 7.90. The van der Waals surface area contributed by atoms with E-state index in [1.165, 1.54) is 31.8 Å². The van der Waals surface area contributed by atoms with Gasteiger partial charge in [-0.1, -0.05) is 29.8 Å². The number of para-hydroxylation sites is 2. The maximum absolute atomic E-state index is 12.3. The van der Waals surface area contributed by atoms with Gasteiger partial charge in [-0.25, -0.2) is 18.1 Å². The van der Waals surface area contributed by atoms with Gasteiger partial charge in [0, 0.05) is 6.20 Å². The second kappa shape index (κ2) is 7.01. The Morgan fingerprint density at radius 3 is 2.50 bits per heavy atom. The number of aromatic nitrogens is 2. The first kappa shape index (κ1) is 17.7. The number of hydrogen-bond donors (Lipinski definition) is 1. The molecule has 134 valence electrons. The van der Waals surface area contributed by atoms with E-state index in [0.717, 1.165) is 5.56 Å². The van der Waals surface area contributed by atoms with E-state index in [9.17, 15) is 13.2 Å². The average Bonchev–Trinajstić information content (AvgIpc) is 3.12. The molecule has 0 aliphatic heterocycles. The minimum absolute atomic E-state index is 0.0145. The van der Waals surface area contributed by atoms with Crippen molar-refractivity contribution in [3.8, 4) is 11.4 Å². The molecule has 0 aliphatic rings. The molecule has 0 spiro atoms. The number of amides is 1. The summed E-state index contributed by atoms with van der Waals surface area (Å²) < 4.78 is 33.5. The van der Waals surface area contributed by atoms with Crippen LogP contribution in [-0.2, 0) is 10.0 Å². The van der Waals surface area contributed by atoms with Crippen LogP contribution in [0.5, 0.6) is 5.75 Å². The van der Waals surface area contributed by atoms with Crippen molar-refractivity contribution in [1.29, 1.82) is 0 Å². The number of methoxy groups -OCH3 is 1. The van der Waals surface area contributed by atoms with Gasteiger partial charge in [-0.2, -0.15) is 0 Å². The highest BCUT2D eigenvalue weighted by atomic mass is 32.2. The number of carbonyl (C=O) groups excluding carboxylic acids is 1. The van der Waals surface area contributed by atoms with E-state index in [2.05, 4.69) is 4.98 Å². The van der Waals surface area contributed by atoms with Crippen molar-refractivity contribution in [3.05, 3.63) is 72.3 Å².